The van der Waals surface area contributed by atoms with Gasteiger partial charge in [0, 0.05) is 25.1 Å². The summed E-state index contributed by atoms with van der Waals surface area (Å²) in [6, 6.07) is 5.64. The molecule has 1 fully saturated rings. The summed E-state index contributed by atoms with van der Waals surface area (Å²) in [6.07, 6.45) is 8.44. The summed E-state index contributed by atoms with van der Waals surface area (Å²) in [5, 5.41) is 6.62. The number of aromatic nitrogens is 3. The summed E-state index contributed by atoms with van der Waals surface area (Å²) in [5.41, 5.74) is 1.65. The Morgan fingerprint density at radius 2 is 2.22 bits per heavy atom. The number of aromatic amines is 1. The van der Waals surface area contributed by atoms with Crippen molar-refractivity contribution in [3.63, 3.8) is 0 Å². The fourth-order valence-corrected chi connectivity index (χ4v) is 3.00. The lowest BCUT2D eigenvalue weighted by atomic mass is 10.0. The lowest BCUT2D eigenvalue weighted by molar-refractivity contribution is 0.0377. The molecular weight excluding hydrogens is 292 g/mol. The summed E-state index contributed by atoms with van der Waals surface area (Å²) < 4.78 is 5.88. The van der Waals surface area contributed by atoms with Crippen LogP contribution in [0.5, 0.6) is 0 Å². The fourth-order valence-electron chi connectivity index (χ4n) is 3.00. The van der Waals surface area contributed by atoms with E-state index in [1.807, 2.05) is 17.0 Å². The number of likely N-dealkylation sites (tertiary alicyclic amines) is 1. The standard InChI is InChI=1S/C17H20N4O2/c1-2-11-23-16-6-10-21(17(22)14-5-9-19-20-14)15(16)12-13-3-7-18-8-4-13/h2-5,7-9,15-16H,1,6,10-12H2,(H,19,20)/t15-,16-/m0/s1. The van der Waals surface area contributed by atoms with Crippen molar-refractivity contribution in [1.29, 1.82) is 0 Å². The molecule has 2 aromatic rings. The van der Waals surface area contributed by atoms with Gasteiger partial charge in [-0.05, 0) is 36.6 Å². The van der Waals surface area contributed by atoms with Crippen LogP contribution < -0.4 is 0 Å². The molecule has 1 aliphatic rings. The van der Waals surface area contributed by atoms with E-state index in [1.165, 1.54) is 0 Å². The lowest BCUT2D eigenvalue weighted by Crippen LogP contribution is -2.42. The van der Waals surface area contributed by atoms with Crippen LogP contribution in [-0.4, -0.2) is 51.3 Å². The van der Waals surface area contributed by atoms with E-state index in [2.05, 4.69) is 21.8 Å². The second-order valence-electron chi connectivity index (χ2n) is 5.54. The molecule has 0 saturated carbocycles. The number of pyridine rings is 1. The van der Waals surface area contributed by atoms with E-state index in [9.17, 15) is 4.79 Å². The smallest absolute Gasteiger partial charge is 0.272 e. The molecule has 6 heteroatoms. The van der Waals surface area contributed by atoms with Gasteiger partial charge in [0.25, 0.3) is 5.91 Å². The van der Waals surface area contributed by atoms with Crippen LogP contribution >= 0.6 is 0 Å². The van der Waals surface area contributed by atoms with Gasteiger partial charge in [0.05, 0.1) is 18.8 Å². The molecule has 0 aromatic carbocycles. The Balaban J connectivity index is 1.79. The molecular formula is C17H20N4O2. The topological polar surface area (TPSA) is 71.1 Å². The first kappa shape index (κ1) is 15.4. The van der Waals surface area contributed by atoms with Crippen molar-refractivity contribution in [2.24, 2.45) is 0 Å². The first-order chi connectivity index (χ1) is 11.3. The average Bonchev–Trinajstić information content (AvgIpc) is 3.24. The average molecular weight is 312 g/mol. The molecule has 6 nitrogen and oxygen atoms in total. The Labute approximate surface area is 135 Å². The van der Waals surface area contributed by atoms with Gasteiger partial charge in [-0.25, -0.2) is 0 Å². The van der Waals surface area contributed by atoms with Gasteiger partial charge >= 0.3 is 0 Å². The number of rotatable bonds is 6. The van der Waals surface area contributed by atoms with Crippen LogP contribution in [0.15, 0.2) is 49.4 Å². The third-order valence-corrected chi connectivity index (χ3v) is 4.10. The van der Waals surface area contributed by atoms with E-state index >= 15 is 0 Å². The largest absolute Gasteiger partial charge is 0.372 e. The number of carbonyl (C=O) groups excluding carboxylic acids is 1. The molecule has 0 unspecified atom stereocenters. The van der Waals surface area contributed by atoms with Crippen LogP contribution in [0.2, 0.25) is 0 Å². The van der Waals surface area contributed by atoms with Crippen LogP contribution in [-0.2, 0) is 11.2 Å². The maximum Gasteiger partial charge on any atom is 0.272 e. The Morgan fingerprint density at radius 3 is 2.91 bits per heavy atom. The van der Waals surface area contributed by atoms with E-state index in [4.69, 9.17) is 4.74 Å². The molecule has 0 aliphatic carbocycles. The number of amides is 1. The molecule has 0 radical (unpaired) electrons. The molecule has 0 spiro atoms. The monoisotopic (exact) mass is 312 g/mol. The van der Waals surface area contributed by atoms with E-state index < -0.39 is 0 Å². The van der Waals surface area contributed by atoms with Crippen LogP contribution in [0.3, 0.4) is 0 Å². The van der Waals surface area contributed by atoms with Crippen molar-refractivity contribution < 1.29 is 9.53 Å². The molecule has 1 saturated heterocycles. The van der Waals surface area contributed by atoms with Crippen molar-refractivity contribution in [3.05, 3.63) is 60.7 Å². The minimum absolute atomic E-state index is 0.00634. The van der Waals surface area contributed by atoms with Crippen LogP contribution in [0.25, 0.3) is 0 Å². The van der Waals surface area contributed by atoms with Crippen LogP contribution in [0.1, 0.15) is 22.5 Å². The molecule has 2 atom stereocenters. The Hall–Kier alpha value is -2.47. The van der Waals surface area contributed by atoms with Gasteiger partial charge in [0.15, 0.2) is 0 Å². The van der Waals surface area contributed by atoms with Gasteiger partial charge in [0.1, 0.15) is 5.69 Å². The zero-order valence-corrected chi connectivity index (χ0v) is 12.9. The summed E-state index contributed by atoms with van der Waals surface area (Å²) in [5.74, 6) is -0.0359. The molecule has 1 amide bonds. The predicted molar refractivity (Wildman–Crippen MR) is 85.9 cm³/mol. The van der Waals surface area contributed by atoms with Gasteiger partial charge in [-0.3, -0.25) is 14.9 Å². The highest BCUT2D eigenvalue weighted by Gasteiger charge is 2.38. The summed E-state index contributed by atoms with van der Waals surface area (Å²) in [4.78, 5) is 18.6. The Bertz CT molecular complexity index is 642. The van der Waals surface area contributed by atoms with E-state index in [0.29, 0.717) is 18.8 Å². The predicted octanol–water partition coefficient (Wildman–Crippen LogP) is 1.83. The highest BCUT2D eigenvalue weighted by atomic mass is 16.5. The minimum Gasteiger partial charge on any atom is -0.372 e. The van der Waals surface area contributed by atoms with Gasteiger partial charge in [0.2, 0.25) is 0 Å². The molecule has 2 aromatic heterocycles. The number of carbonyl (C=O) groups is 1. The summed E-state index contributed by atoms with van der Waals surface area (Å²) in [6.45, 7) is 4.86. The highest BCUT2D eigenvalue weighted by Crippen LogP contribution is 2.26. The van der Waals surface area contributed by atoms with Crippen molar-refractivity contribution in [2.75, 3.05) is 13.2 Å². The third kappa shape index (κ3) is 3.48. The zero-order chi connectivity index (χ0) is 16.1. The summed E-state index contributed by atoms with van der Waals surface area (Å²) >= 11 is 0. The van der Waals surface area contributed by atoms with Crippen LogP contribution in [0, 0.1) is 0 Å². The molecule has 120 valence electrons. The number of nitrogens with zero attached hydrogens (tertiary/aromatic N) is 3. The van der Waals surface area contributed by atoms with Crippen LogP contribution in [0.4, 0.5) is 0 Å². The molecule has 23 heavy (non-hydrogen) atoms. The number of hydrogen-bond acceptors (Lipinski definition) is 4. The maximum absolute atomic E-state index is 12.7. The number of hydrogen-bond donors (Lipinski definition) is 1. The molecule has 1 N–H and O–H groups in total. The number of nitrogens with one attached hydrogen (secondary N) is 1. The SMILES string of the molecule is C=CCO[C@H]1CCN(C(=O)c2ccn[nH]2)[C@H]1Cc1ccncc1. The second kappa shape index (κ2) is 7.19. The first-order valence-corrected chi connectivity index (χ1v) is 7.71. The molecule has 3 heterocycles. The maximum atomic E-state index is 12.7. The summed E-state index contributed by atoms with van der Waals surface area (Å²) in [7, 11) is 0. The quantitative estimate of drug-likeness (QED) is 0.826. The zero-order valence-electron chi connectivity index (χ0n) is 12.9. The minimum atomic E-state index is -0.0359. The second-order valence-corrected chi connectivity index (χ2v) is 5.54. The van der Waals surface area contributed by atoms with Crippen molar-refractivity contribution in [3.8, 4) is 0 Å². The Morgan fingerprint density at radius 1 is 1.39 bits per heavy atom. The number of ether oxygens (including phenoxy) is 1. The Kier molecular flexibility index (Phi) is 4.83. The van der Waals surface area contributed by atoms with E-state index in [0.717, 1.165) is 18.4 Å². The first-order valence-electron chi connectivity index (χ1n) is 7.71. The molecule has 0 bridgehead atoms. The molecule has 3 rings (SSSR count). The van der Waals surface area contributed by atoms with Gasteiger partial charge in [-0.15, -0.1) is 6.58 Å². The number of H-pyrrole nitrogens is 1. The van der Waals surface area contributed by atoms with Gasteiger partial charge in [-0.1, -0.05) is 6.08 Å². The highest BCUT2D eigenvalue weighted by molar-refractivity contribution is 5.92. The van der Waals surface area contributed by atoms with E-state index in [-0.39, 0.29) is 18.1 Å². The third-order valence-electron chi connectivity index (χ3n) is 4.10. The van der Waals surface area contributed by atoms with Crippen molar-refractivity contribution >= 4 is 5.91 Å². The molecule has 1 aliphatic heterocycles. The lowest BCUT2D eigenvalue weighted by Gasteiger charge is -2.28. The van der Waals surface area contributed by atoms with Crippen molar-refractivity contribution in [2.45, 2.75) is 25.0 Å². The van der Waals surface area contributed by atoms with Crippen molar-refractivity contribution in [1.82, 2.24) is 20.1 Å². The fraction of sp³-hybridized carbons (Fsp3) is 0.353. The van der Waals surface area contributed by atoms with E-state index in [1.54, 1.807) is 30.7 Å². The normalized spacial score (nSPS) is 20.6. The van der Waals surface area contributed by atoms with Gasteiger partial charge in [-0.2, -0.15) is 5.10 Å². The van der Waals surface area contributed by atoms with Gasteiger partial charge < -0.3 is 9.64 Å².